The number of hydrogen-bond donors (Lipinski definition) is 10. The van der Waals surface area contributed by atoms with E-state index in [0.717, 1.165) is 60.2 Å². The number of aliphatic hydroxyl groups is 3. The number of carboxylic acid groups (broad SMARTS) is 1. The lowest BCUT2D eigenvalue weighted by atomic mass is 10.0. The van der Waals surface area contributed by atoms with Gasteiger partial charge in [-0.25, -0.2) is 19.7 Å². The number of benzene rings is 3. The summed E-state index contributed by atoms with van der Waals surface area (Å²) in [5.74, 6) is -2.29. The van der Waals surface area contributed by atoms with Crippen LogP contribution in [0.4, 0.5) is 4.79 Å². The Morgan fingerprint density at radius 1 is 0.553 bits per heavy atom. The predicted octanol–water partition coefficient (Wildman–Crippen LogP) is 8.36. The fourth-order valence-corrected chi connectivity index (χ4v) is 12.8. The van der Waals surface area contributed by atoms with Crippen LogP contribution in [0.25, 0.3) is 31.3 Å². The number of amides is 6. The van der Waals surface area contributed by atoms with E-state index in [4.69, 9.17) is 15.6 Å². The first-order valence-corrected chi connectivity index (χ1v) is 33.2. The van der Waals surface area contributed by atoms with Crippen LogP contribution in [-0.4, -0.2) is 161 Å². The van der Waals surface area contributed by atoms with E-state index in [1.807, 2.05) is 119 Å². The number of carbonyl (C=O) groups excluding carboxylic acids is 6. The zero-order chi connectivity index (χ0) is 67.9. The van der Waals surface area contributed by atoms with Crippen molar-refractivity contribution < 1.29 is 58.7 Å². The number of alkyl carbamates (subject to hydrolysis) is 1. The summed E-state index contributed by atoms with van der Waals surface area (Å²) < 4.78 is 4.85. The van der Waals surface area contributed by atoms with E-state index < -0.39 is 60.1 Å². The number of aromatic nitrogens is 3. The summed E-state index contributed by atoms with van der Waals surface area (Å²) in [6, 6.07) is 20.5. The van der Waals surface area contributed by atoms with Gasteiger partial charge in [-0.3, -0.25) is 28.8 Å². The van der Waals surface area contributed by atoms with Crippen molar-refractivity contribution >= 4 is 100 Å². The van der Waals surface area contributed by atoms with Crippen LogP contribution in [0, 0.1) is 26.7 Å². The van der Waals surface area contributed by atoms with E-state index >= 15 is 0 Å². The number of aliphatic carboxylic acids is 1. The molecule has 3 aromatic heterocycles. The maximum Gasteiger partial charge on any atom is 0.408 e. The average Bonchev–Trinajstić information content (AvgIpc) is 1.62. The maximum atomic E-state index is 12.8. The number of nitrogens with one attached hydrogen (secondary N) is 5. The molecule has 3 fully saturated rings. The normalized spacial score (nSPS) is 19.7. The number of ether oxygens (including phenoxy) is 1. The van der Waals surface area contributed by atoms with E-state index in [-0.39, 0.29) is 110 Å². The second kappa shape index (κ2) is 36.2. The number of halogens is 2. The first-order valence-electron chi connectivity index (χ1n) is 30.6. The van der Waals surface area contributed by atoms with Crippen molar-refractivity contribution in [3.8, 4) is 31.3 Å². The Morgan fingerprint density at radius 2 is 0.904 bits per heavy atom. The summed E-state index contributed by atoms with van der Waals surface area (Å²) in [6.07, 6.45) is -1.54. The molecule has 0 spiro atoms. The van der Waals surface area contributed by atoms with Gasteiger partial charge in [0.2, 0.25) is 29.5 Å². The molecule has 0 bridgehead atoms. The number of nitrogens with two attached hydrogens (primary N) is 1. The Balaban J connectivity index is 0.000000273. The van der Waals surface area contributed by atoms with Crippen molar-refractivity contribution in [3.05, 3.63) is 123 Å². The van der Waals surface area contributed by atoms with Crippen LogP contribution < -0.4 is 32.3 Å². The topological polar surface area (TPSA) is 341 Å². The van der Waals surface area contributed by atoms with E-state index in [9.17, 15) is 48.9 Å². The number of nitrogens with zero attached hydrogens (tertiary/aromatic N) is 5. The second-order valence-electron chi connectivity index (χ2n) is 24.6. The molecule has 3 aliphatic rings. The third kappa shape index (κ3) is 22.6. The smallest absolute Gasteiger partial charge is 0.408 e. The Bertz CT molecular complexity index is 3310. The van der Waals surface area contributed by atoms with Crippen LogP contribution >= 0.6 is 58.8 Å². The summed E-state index contributed by atoms with van der Waals surface area (Å²) in [4.78, 5) is 103. The number of likely N-dealkylation sites (tertiary alicyclic amines) is 2. The van der Waals surface area contributed by atoms with Gasteiger partial charge < -0.3 is 67.3 Å². The zero-order valence-electron chi connectivity index (χ0n) is 55.2. The van der Waals surface area contributed by atoms with E-state index in [1.54, 1.807) is 75.6 Å². The standard InChI is InChI=1S/C21H27N3O3S.C20H26N4O3S.C17H21N3O2S.C8H15NO4.2ClH/c1-12(2)21(27)24-10-17(25)9-18(24)20(26)23-13(3)15-5-7-16(8-6-15)19-14(4)22-11-28-19;1-11(21)20(27)24-9-16(25)8-17(24)19(26)23-12(2)14-4-6-15(7-5-14)18-13(3)22-10-28-18;1-10(20-17(22)15-7-14(21)8-18-15)12-3-5-13(6-4-12)16-11(2)19-9-23-16;1-5(6(10)11)9-7(12)13-8(2,3)4;;/h5-8,11-13,17-18,25H,9-10H2,1-4H3,(H,23,26);4-7,10-12,16-17,25H,8-9,21H2,1-3H3,(H,23,26);3-6,9-10,14-15,18,21H,7-8H2,1-2H3,(H,20,22);5H,1-4H3,(H,9,12)(H,10,11);2*1H/t13-,17+,18-;11-,12-,16+,17-;10-,14+,15-;5-;;/m0000../s1. The van der Waals surface area contributed by atoms with E-state index in [1.165, 1.54) is 21.6 Å². The zero-order valence-corrected chi connectivity index (χ0v) is 59.3. The highest BCUT2D eigenvalue weighted by atomic mass is 35.5. The van der Waals surface area contributed by atoms with Crippen LogP contribution in [0.1, 0.15) is 140 Å². The van der Waals surface area contributed by atoms with Crippen LogP contribution in [0.5, 0.6) is 0 Å². The molecule has 6 amide bonds. The fraction of sp³-hybridized carbons (Fsp3) is 0.485. The third-order valence-electron chi connectivity index (χ3n) is 15.5. The van der Waals surface area contributed by atoms with Crippen LogP contribution in [-0.2, 0) is 33.5 Å². The van der Waals surface area contributed by atoms with Gasteiger partial charge in [0.1, 0.15) is 23.7 Å². The molecule has 0 radical (unpaired) electrons. The minimum absolute atomic E-state index is 0. The molecule has 11 N–H and O–H groups in total. The lowest BCUT2D eigenvalue weighted by molar-refractivity contribution is -0.141. The van der Waals surface area contributed by atoms with Crippen LogP contribution in [0.3, 0.4) is 0 Å². The second-order valence-corrected chi connectivity index (χ2v) is 27.2. The van der Waals surface area contributed by atoms with Gasteiger partial charge in [-0.2, -0.15) is 0 Å². The number of carbonyl (C=O) groups is 7. The Kier molecular flexibility index (Phi) is 30.6. The third-order valence-corrected chi connectivity index (χ3v) is 18.4. The van der Waals surface area contributed by atoms with Gasteiger partial charge in [0.15, 0.2) is 0 Å². The fourth-order valence-electron chi connectivity index (χ4n) is 10.4. The van der Waals surface area contributed by atoms with Gasteiger partial charge in [0.05, 0.1) is 96.8 Å². The molecule has 6 aromatic rings. The van der Waals surface area contributed by atoms with Crippen LogP contribution in [0.2, 0.25) is 0 Å². The number of β-amino-alcohol motifs (C(OH)–C–C–N with tert-alkyl or cyclic N) is 3. The molecular formula is C66H91Cl2N11O12S3. The van der Waals surface area contributed by atoms with Crippen molar-refractivity contribution in [1.82, 2.24) is 51.3 Å². The first kappa shape index (κ1) is 79.5. The summed E-state index contributed by atoms with van der Waals surface area (Å²) >= 11 is 4.84. The lowest BCUT2D eigenvalue weighted by Gasteiger charge is -2.26. The molecule has 23 nitrogen and oxygen atoms in total. The molecule has 11 atom stereocenters. The van der Waals surface area contributed by atoms with Crippen molar-refractivity contribution in [2.75, 3.05) is 19.6 Å². The molecule has 28 heteroatoms. The highest BCUT2D eigenvalue weighted by Gasteiger charge is 2.41. The number of rotatable bonds is 16. The minimum Gasteiger partial charge on any atom is -0.480 e. The summed E-state index contributed by atoms with van der Waals surface area (Å²) in [5.41, 5.74) is 20.0. The molecular weight excluding hydrogens is 1310 g/mol. The molecule has 514 valence electrons. The van der Waals surface area contributed by atoms with Crippen molar-refractivity contribution in [2.45, 2.75) is 182 Å². The predicted molar refractivity (Wildman–Crippen MR) is 371 cm³/mol. The van der Waals surface area contributed by atoms with Gasteiger partial charge in [0.25, 0.3) is 0 Å². The van der Waals surface area contributed by atoms with Gasteiger partial charge in [-0.1, -0.05) is 86.6 Å². The van der Waals surface area contributed by atoms with Gasteiger partial charge in [-0.05, 0) is 116 Å². The largest absolute Gasteiger partial charge is 0.480 e. The molecule has 3 aliphatic heterocycles. The van der Waals surface area contributed by atoms with E-state index in [2.05, 4.69) is 53.7 Å². The number of hydrogen-bond acceptors (Lipinski definition) is 19. The highest BCUT2D eigenvalue weighted by Crippen LogP contribution is 2.32. The number of carboxylic acids is 1. The van der Waals surface area contributed by atoms with Gasteiger partial charge >= 0.3 is 12.1 Å². The molecule has 6 heterocycles. The Morgan fingerprint density at radius 3 is 1.19 bits per heavy atom. The molecule has 94 heavy (non-hydrogen) atoms. The first-order chi connectivity index (χ1) is 43.3. The summed E-state index contributed by atoms with van der Waals surface area (Å²) in [6.45, 7) is 24.3. The molecule has 3 aromatic carbocycles. The Labute approximate surface area is 574 Å². The quantitative estimate of drug-likeness (QED) is 0.0435. The average molecular weight is 1400 g/mol. The molecule has 9 rings (SSSR count). The van der Waals surface area contributed by atoms with E-state index in [0.29, 0.717) is 13.0 Å². The van der Waals surface area contributed by atoms with Crippen molar-refractivity contribution in [2.24, 2.45) is 11.7 Å². The lowest BCUT2D eigenvalue weighted by Crippen LogP contribution is -2.50. The van der Waals surface area contributed by atoms with Gasteiger partial charge in [0, 0.05) is 38.4 Å². The SMILES string of the molecule is C[C@H](NC(=O)OC(C)(C)C)C(=O)O.Cc1ncsc1-c1ccc([C@H](C)NC(=O)[C@@H]2C[C@@H](O)CN2)cc1.Cc1ncsc1-c1ccc([C@H](C)NC(=O)[C@@H]2C[C@@H](O)CN2C(=O)C(C)C)cc1.Cc1ncsc1-c1ccc([C@H](C)NC(=O)[C@@H]2C[C@@H](O)CN2C(=O)[C@H](C)N)cc1.Cl.Cl. The molecule has 3 saturated heterocycles. The van der Waals surface area contributed by atoms with Crippen LogP contribution in [0.15, 0.2) is 89.3 Å². The van der Waals surface area contributed by atoms with Gasteiger partial charge in [-0.15, -0.1) is 58.8 Å². The number of aryl methyl sites for hydroxylation is 3. The summed E-state index contributed by atoms with van der Waals surface area (Å²) in [5, 5.41) is 52.0. The maximum absolute atomic E-state index is 12.8. The minimum atomic E-state index is -1.09. The number of aliphatic hydroxyl groups excluding tert-OH is 3. The molecule has 0 unspecified atom stereocenters. The van der Waals surface area contributed by atoms with Crippen molar-refractivity contribution in [3.63, 3.8) is 0 Å². The summed E-state index contributed by atoms with van der Waals surface area (Å²) in [7, 11) is 0. The molecule has 0 aliphatic carbocycles. The highest BCUT2D eigenvalue weighted by molar-refractivity contribution is 7.14. The number of thiazole rings is 3. The Hall–Kier alpha value is -6.98. The van der Waals surface area contributed by atoms with Crippen molar-refractivity contribution in [1.29, 1.82) is 0 Å². The monoisotopic (exact) mass is 1400 g/mol. The molecule has 0 saturated carbocycles.